The van der Waals surface area contributed by atoms with Gasteiger partial charge in [0.25, 0.3) is 0 Å². The molecule has 0 bridgehead atoms. The molecular formula is C20H16BrN. The molecule has 1 aliphatic rings. The number of hydrogen-bond donors (Lipinski definition) is 1. The van der Waals surface area contributed by atoms with Gasteiger partial charge in [0.2, 0.25) is 0 Å². The Morgan fingerprint density at radius 1 is 0.818 bits per heavy atom. The summed E-state index contributed by atoms with van der Waals surface area (Å²) >= 11 is 3.63. The molecule has 1 N–H and O–H groups in total. The minimum absolute atomic E-state index is 0.264. The van der Waals surface area contributed by atoms with Crippen molar-refractivity contribution in [2.45, 2.75) is 12.5 Å². The Kier molecular flexibility index (Phi) is 3.47. The standard InChI is InChI=1S/C20H16BrN/c21-16-10-11-19-18(12-16)20(14-6-2-1-3-7-14)17-9-5-4-8-15(17)13-22-19/h1-12,20,22H,13H2. The van der Waals surface area contributed by atoms with Crippen LogP contribution in [0.5, 0.6) is 0 Å². The topological polar surface area (TPSA) is 12.0 Å². The van der Waals surface area contributed by atoms with E-state index in [1.54, 1.807) is 0 Å². The van der Waals surface area contributed by atoms with Crippen LogP contribution in [0.4, 0.5) is 5.69 Å². The van der Waals surface area contributed by atoms with Crippen molar-refractivity contribution in [2.24, 2.45) is 0 Å². The molecule has 1 atom stereocenters. The summed E-state index contributed by atoms with van der Waals surface area (Å²) in [5.74, 6) is 0.264. The van der Waals surface area contributed by atoms with Gasteiger partial charge < -0.3 is 5.32 Å². The summed E-state index contributed by atoms with van der Waals surface area (Å²) < 4.78 is 1.12. The van der Waals surface area contributed by atoms with Gasteiger partial charge in [0.1, 0.15) is 0 Å². The predicted molar refractivity (Wildman–Crippen MR) is 95.3 cm³/mol. The summed E-state index contributed by atoms with van der Waals surface area (Å²) in [6.45, 7) is 0.869. The highest BCUT2D eigenvalue weighted by Gasteiger charge is 2.24. The van der Waals surface area contributed by atoms with E-state index in [2.05, 4.69) is 94.0 Å². The van der Waals surface area contributed by atoms with Gasteiger partial charge in [-0.05, 0) is 40.5 Å². The highest BCUT2D eigenvalue weighted by molar-refractivity contribution is 9.10. The highest BCUT2D eigenvalue weighted by atomic mass is 79.9. The van der Waals surface area contributed by atoms with Gasteiger partial charge in [0, 0.05) is 22.6 Å². The minimum Gasteiger partial charge on any atom is -0.381 e. The van der Waals surface area contributed by atoms with Crippen molar-refractivity contribution >= 4 is 21.6 Å². The Bertz CT molecular complexity index is 811. The monoisotopic (exact) mass is 349 g/mol. The second-order valence-electron chi connectivity index (χ2n) is 5.63. The van der Waals surface area contributed by atoms with Crippen LogP contribution in [0.1, 0.15) is 28.2 Å². The molecule has 0 amide bonds. The summed E-state index contributed by atoms with van der Waals surface area (Å²) in [4.78, 5) is 0. The van der Waals surface area contributed by atoms with Crippen molar-refractivity contribution in [3.05, 3.63) is 99.5 Å². The lowest BCUT2D eigenvalue weighted by molar-refractivity contribution is 0.971. The van der Waals surface area contributed by atoms with E-state index in [1.807, 2.05) is 0 Å². The molecule has 0 fully saturated rings. The Balaban J connectivity index is 2.00. The van der Waals surface area contributed by atoms with Gasteiger partial charge >= 0.3 is 0 Å². The third kappa shape index (κ3) is 2.34. The summed E-state index contributed by atoms with van der Waals surface area (Å²) in [7, 11) is 0. The van der Waals surface area contributed by atoms with Crippen LogP contribution in [-0.2, 0) is 6.54 Å². The zero-order chi connectivity index (χ0) is 14.9. The number of benzene rings is 3. The molecule has 1 heterocycles. The Morgan fingerprint density at radius 3 is 2.45 bits per heavy atom. The number of anilines is 1. The second kappa shape index (κ2) is 5.62. The fourth-order valence-corrected chi connectivity index (χ4v) is 3.65. The molecule has 2 heteroatoms. The zero-order valence-electron chi connectivity index (χ0n) is 12.1. The molecule has 3 aromatic carbocycles. The molecule has 0 aromatic heterocycles. The fraction of sp³-hybridized carbons (Fsp3) is 0.100. The van der Waals surface area contributed by atoms with Crippen molar-refractivity contribution < 1.29 is 0 Å². The van der Waals surface area contributed by atoms with E-state index in [1.165, 1.54) is 27.9 Å². The van der Waals surface area contributed by atoms with E-state index in [4.69, 9.17) is 0 Å². The average molecular weight is 350 g/mol. The first-order chi connectivity index (χ1) is 10.8. The van der Waals surface area contributed by atoms with Gasteiger partial charge in [-0.1, -0.05) is 70.5 Å². The first-order valence-corrected chi connectivity index (χ1v) is 8.28. The number of nitrogens with one attached hydrogen (secondary N) is 1. The van der Waals surface area contributed by atoms with Crippen LogP contribution < -0.4 is 5.32 Å². The molecule has 0 aliphatic carbocycles. The first-order valence-electron chi connectivity index (χ1n) is 7.49. The van der Waals surface area contributed by atoms with Crippen LogP contribution in [0.3, 0.4) is 0 Å². The van der Waals surface area contributed by atoms with Gasteiger partial charge in [-0.15, -0.1) is 0 Å². The summed E-state index contributed by atoms with van der Waals surface area (Å²) in [5, 5.41) is 3.59. The molecule has 108 valence electrons. The molecule has 3 aromatic rings. The van der Waals surface area contributed by atoms with Crippen LogP contribution >= 0.6 is 15.9 Å². The van der Waals surface area contributed by atoms with E-state index in [-0.39, 0.29) is 5.92 Å². The van der Waals surface area contributed by atoms with E-state index < -0.39 is 0 Å². The average Bonchev–Trinajstić information content (AvgIpc) is 2.72. The lowest BCUT2D eigenvalue weighted by atomic mass is 9.83. The minimum atomic E-state index is 0.264. The van der Waals surface area contributed by atoms with E-state index in [0.29, 0.717) is 0 Å². The van der Waals surface area contributed by atoms with Crippen molar-refractivity contribution in [2.75, 3.05) is 5.32 Å². The van der Waals surface area contributed by atoms with Crippen LogP contribution in [0, 0.1) is 0 Å². The predicted octanol–water partition coefficient (Wildman–Crippen LogP) is 5.55. The van der Waals surface area contributed by atoms with E-state index in [9.17, 15) is 0 Å². The van der Waals surface area contributed by atoms with Crippen molar-refractivity contribution in [1.82, 2.24) is 0 Å². The van der Waals surface area contributed by atoms with Crippen LogP contribution in [0.15, 0.2) is 77.3 Å². The van der Waals surface area contributed by atoms with Crippen molar-refractivity contribution in [3.63, 3.8) is 0 Å². The molecule has 0 radical (unpaired) electrons. The summed E-state index contributed by atoms with van der Waals surface area (Å²) in [6.07, 6.45) is 0. The Morgan fingerprint density at radius 2 is 1.59 bits per heavy atom. The molecule has 4 rings (SSSR count). The van der Waals surface area contributed by atoms with Crippen LogP contribution in [0.2, 0.25) is 0 Å². The molecule has 0 spiro atoms. The largest absolute Gasteiger partial charge is 0.381 e. The fourth-order valence-electron chi connectivity index (χ4n) is 3.27. The highest BCUT2D eigenvalue weighted by Crippen LogP contribution is 2.41. The van der Waals surface area contributed by atoms with Gasteiger partial charge in [-0.2, -0.15) is 0 Å². The lowest BCUT2D eigenvalue weighted by Gasteiger charge is -2.20. The van der Waals surface area contributed by atoms with Gasteiger partial charge in [0.05, 0.1) is 0 Å². The number of hydrogen-bond acceptors (Lipinski definition) is 1. The number of rotatable bonds is 1. The normalized spacial score (nSPS) is 16.1. The Hall–Kier alpha value is -2.06. The maximum atomic E-state index is 3.63. The zero-order valence-corrected chi connectivity index (χ0v) is 13.7. The molecular weight excluding hydrogens is 334 g/mol. The molecule has 1 aliphatic heterocycles. The maximum Gasteiger partial charge on any atom is 0.0403 e. The first kappa shape index (κ1) is 13.6. The van der Waals surface area contributed by atoms with Gasteiger partial charge in [-0.25, -0.2) is 0 Å². The lowest BCUT2D eigenvalue weighted by Crippen LogP contribution is -2.04. The van der Waals surface area contributed by atoms with Crippen molar-refractivity contribution in [3.8, 4) is 0 Å². The SMILES string of the molecule is Brc1ccc2c(c1)C(c1ccccc1)c1ccccc1CN2. The van der Waals surface area contributed by atoms with Crippen LogP contribution in [0.25, 0.3) is 0 Å². The third-order valence-corrected chi connectivity index (χ3v) is 4.79. The summed E-state index contributed by atoms with van der Waals surface area (Å²) in [5.41, 5.74) is 6.62. The third-order valence-electron chi connectivity index (χ3n) is 4.29. The Labute approximate surface area is 139 Å². The van der Waals surface area contributed by atoms with Crippen LogP contribution in [-0.4, -0.2) is 0 Å². The smallest absolute Gasteiger partial charge is 0.0403 e. The molecule has 1 unspecified atom stereocenters. The van der Waals surface area contributed by atoms with Gasteiger partial charge in [-0.3, -0.25) is 0 Å². The maximum absolute atomic E-state index is 3.63. The molecule has 1 nitrogen and oxygen atoms in total. The second-order valence-corrected chi connectivity index (χ2v) is 6.54. The molecule has 22 heavy (non-hydrogen) atoms. The van der Waals surface area contributed by atoms with E-state index >= 15 is 0 Å². The molecule has 0 saturated heterocycles. The number of fused-ring (bicyclic) bond motifs is 2. The summed E-state index contributed by atoms with van der Waals surface area (Å²) in [6, 6.07) is 26.0. The molecule has 0 saturated carbocycles. The number of halogens is 1. The van der Waals surface area contributed by atoms with Gasteiger partial charge in [0.15, 0.2) is 0 Å². The van der Waals surface area contributed by atoms with Crippen molar-refractivity contribution in [1.29, 1.82) is 0 Å². The van der Waals surface area contributed by atoms with E-state index in [0.717, 1.165) is 11.0 Å². The quantitative estimate of drug-likeness (QED) is 0.606.